The van der Waals surface area contributed by atoms with Gasteiger partial charge in [-0.2, -0.15) is 0 Å². The van der Waals surface area contributed by atoms with Crippen LogP contribution in [0.4, 0.5) is 5.82 Å². The van der Waals surface area contributed by atoms with Crippen LogP contribution in [0.2, 0.25) is 0 Å². The van der Waals surface area contributed by atoms with Crippen LogP contribution in [0.25, 0.3) is 0 Å². The molecule has 0 spiro atoms. The van der Waals surface area contributed by atoms with Gasteiger partial charge in [0, 0.05) is 12.2 Å². The molecule has 1 heterocycles. The fraction of sp³-hybridized carbons (Fsp3) is 0.556. The second kappa shape index (κ2) is 4.70. The van der Waals surface area contributed by atoms with Crippen molar-refractivity contribution in [1.82, 2.24) is 9.97 Å². The lowest BCUT2D eigenvalue weighted by molar-refractivity contribution is 0.687. The Morgan fingerprint density at radius 3 is 3.08 bits per heavy atom. The summed E-state index contributed by atoms with van der Waals surface area (Å²) in [6.07, 6.45) is 6.57. The van der Waals surface area contributed by atoms with Gasteiger partial charge in [0.15, 0.2) is 6.33 Å². The van der Waals surface area contributed by atoms with E-state index in [0.717, 1.165) is 12.2 Å². The normalized spacial score (nSPS) is 12.5. The molecular weight excluding hydrogens is 150 g/mol. The van der Waals surface area contributed by atoms with Gasteiger partial charge in [0.2, 0.25) is 0 Å². The average molecular weight is 164 g/mol. The first kappa shape index (κ1) is 8.97. The molecule has 0 aliphatic heterocycles. The zero-order chi connectivity index (χ0) is 8.81. The molecule has 0 aliphatic rings. The molecule has 3 heteroatoms. The summed E-state index contributed by atoms with van der Waals surface area (Å²) in [7, 11) is 0. The highest BCUT2D eigenvalue weighted by molar-refractivity contribution is 5.32. The minimum Gasteiger partial charge on any atom is -0.368 e. The van der Waals surface area contributed by atoms with Crippen LogP contribution < -0.4 is 5.32 Å². The third-order valence-electron chi connectivity index (χ3n) is 1.65. The SMILES string of the molecule is CCCC(C)Nc1ccn[c]n1. The first-order valence-corrected chi connectivity index (χ1v) is 4.28. The first-order chi connectivity index (χ1) is 5.83. The van der Waals surface area contributed by atoms with Gasteiger partial charge >= 0.3 is 0 Å². The van der Waals surface area contributed by atoms with Crippen molar-refractivity contribution in [2.75, 3.05) is 5.32 Å². The Kier molecular flexibility index (Phi) is 3.51. The Labute approximate surface area is 73.2 Å². The summed E-state index contributed by atoms with van der Waals surface area (Å²) in [6.45, 7) is 4.32. The third-order valence-corrected chi connectivity index (χ3v) is 1.65. The number of rotatable bonds is 4. The molecule has 1 rings (SSSR count). The van der Waals surface area contributed by atoms with E-state index < -0.39 is 0 Å². The van der Waals surface area contributed by atoms with Crippen molar-refractivity contribution in [2.24, 2.45) is 0 Å². The molecule has 3 nitrogen and oxygen atoms in total. The van der Waals surface area contributed by atoms with Crippen LogP contribution in [-0.2, 0) is 0 Å². The predicted molar refractivity (Wildman–Crippen MR) is 48.9 cm³/mol. The molecular formula is C9H14N3. The van der Waals surface area contributed by atoms with E-state index in [1.54, 1.807) is 6.20 Å². The Morgan fingerprint density at radius 1 is 1.67 bits per heavy atom. The van der Waals surface area contributed by atoms with Crippen molar-refractivity contribution in [3.63, 3.8) is 0 Å². The maximum atomic E-state index is 3.95. The molecule has 1 radical (unpaired) electrons. The summed E-state index contributed by atoms with van der Waals surface area (Å²) < 4.78 is 0. The van der Waals surface area contributed by atoms with E-state index in [1.807, 2.05) is 6.07 Å². The molecule has 0 amide bonds. The largest absolute Gasteiger partial charge is 0.368 e. The van der Waals surface area contributed by atoms with Gasteiger partial charge in [-0.1, -0.05) is 13.3 Å². The molecule has 0 saturated carbocycles. The molecule has 1 aromatic heterocycles. The van der Waals surface area contributed by atoms with Gasteiger partial charge < -0.3 is 5.32 Å². The lowest BCUT2D eigenvalue weighted by Gasteiger charge is -2.12. The lowest BCUT2D eigenvalue weighted by atomic mass is 10.2. The maximum absolute atomic E-state index is 3.95. The summed E-state index contributed by atoms with van der Waals surface area (Å²) in [4.78, 5) is 7.68. The maximum Gasteiger partial charge on any atom is 0.199 e. The molecule has 65 valence electrons. The zero-order valence-corrected chi connectivity index (χ0v) is 7.54. The fourth-order valence-electron chi connectivity index (χ4n) is 1.10. The second-order valence-electron chi connectivity index (χ2n) is 2.88. The van der Waals surface area contributed by atoms with Crippen molar-refractivity contribution in [3.05, 3.63) is 18.6 Å². The molecule has 0 aromatic carbocycles. The fourth-order valence-corrected chi connectivity index (χ4v) is 1.10. The van der Waals surface area contributed by atoms with E-state index in [2.05, 4.69) is 35.5 Å². The predicted octanol–water partition coefficient (Wildman–Crippen LogP) is 1.88. The minimum absolute atomic E-state index is 0.471. The Balaban J connectivity index is 2.41. The van der Waals surface area contributed by atoms with E-state index in [-0.39, 0.29) is 0 Å². The highest BCUT2D eigenvalue weighted by atomic mass is 15.0. The Hall–Kier alpha value is -1.12. The van der Waals surface area contributed by atoms with E-state index in [9.17, 15) is 0 Å². The van der Waals surface area contributed by atoms with Crippen LogP contribution in [0.15, 0.2) is 12.3 Å². The van der Waals surface area contributed by atoms with Gasteiger partial charge in [-0.15, -0.1) is 0 Å². The number of aromatic nitrogens is 2. The topological polar surface area (TPSA) is 37.8 Å². The molecule has 0 aliphatic carbocycles. The van der Waals surface area contributed by atoms with E-state index in [1.165, 1.54) is 6.42 Å². The second-order valence-corrected chi connectivity index (χ2v) is 2.88. The highest BCUT2D eigenvalue weighted by Crippen LogP contribution is 2.04. The van der Waals surface area contributed by atoms with E-state index in [0.29, 0.717) is 6.04 Å². The quantitative estimate of drug-likeness (QED) is 0.738. The summed E-state index contributed by atoms with van der Waals surface area (Å²) >= 11 is 0. The molecule has 1 unspecified atom stereocenters. The summed E-state index contributed by atoms with van der Waals surface area (Å²) in [6, 6.07) is 2.32. The van der Waals surface area contributed by atoms with Crippen LogP contribution in [0.5, 0.6) is 0 Å². The zero-order valence-electron chi connectivity index (χ0n) is 7.54. The number of anilines is 1. The first-order valence-electron chi connectivity index (χ1n) is 4.28. The van der Waals surface area contributed by atoms with Gasteiger partial charge in [-0.05, 0) is 19.4 Å². The molecule has 1 N–H and O–H groups in total. The lowest BCUT2D eigenvalue weighted by Crippen LogP contribution is -2.15. The molecule has 0 fully saturated rings. The standard InChI is InChI=1S/C9H14N3/c1-3-4-8(2)12-9-5-6-10-7-11-9/h5-6,8H,3-4H2,1-2H3,(H,10,11,12). The van der Waals surface area contributed by atoms with Crippen LogP contribution >= 0.6 is 0 Å². The van der Waals surface area contributed by atoms with Crippen molar-refractivity contribution < 1.29 is 0 Å². The number of hydrogen-bond donors (Lipinski definition) is 1. The molecule has 1 atom stereocenters. The van der Waals surface area contributed by atoms with Crippen LogP contribution in [0.3, 0.4) is 0 Å². The van der Waals surface area contributed by atoms with Crippen molar-refractivity contribution in [3.8, 4) is 0 Å². The number of nitrogens with zero attached hydrogens (tertiary/aromatic N) is 2. The molecule has 1 aromatic rings. The monoisotopic (exact) mass is 164 g/mol. The van der Waals surface area contributed by atoms with Crippen molar-refractivity contribution >= 4 is 5.82 Å². The molecule has 0 bridgehead atoms. The van der Waals surface area contributed by atoms with Gasteiger partial charge in [0.1, 0.15) is 5.82 Å². The van der Waals surface area contributed by atoms with E-state index in [4.69, 9.17) is 0 Å². The Bertz CT molecular complexity index is 210. The van der Waals surface area contributed by atoms with E-state index >= 15 is 0 Å². The van der Waals surface area contributed by atoms with Gasteiger partial charge in [0.05, 0.1) is 0 Å². The van der Waals surface area contributed by atoms with Crippen molar-refractivity contribution in [1.29, 1.82) is 0 Å². The number of hydrogen-bond acceptors (Lipinski definition) is 3. The Morgan fingerprint density at radius 2 is 2.50 bits per heavy atom. The summed E-state index contributed by atoms with van der Waals surface area (Å²) in [5, 5.41) is 3.26. The van der Waals surface area contributed by atoms with Gasteiger partial charge in [0.25, 0.3) is 0 Å². The average Bonchev–Trinajstić information content (AvgIpc) is 2.06. The molecule has 0 saturated heterocycles. The smallest absolute Gasteiger partial charge is 0.199 e. The van der Waals surface area contributed by atoms with Gasteiger partial charge in [-0.25, -0.2) is 9.97 Å². The molecule has 12 heavy (non-hydrogen) atoms. The van der Waals surface area contributed by atoms with Gasteiger partial charge in [-0.3, -0.25) is 0 Å². The van der Waals surface area contributed by atoms with Crippen LogP contribution in [0, 0.1) is 6.33 Å². The minimum atomic E-state index is 0.471. The summed E-state index contributed by atoms with van der Waals surface area (Å²) in [5.41, 5.74) is 0. The highest BCUT2D eigenvalue weighted by Gasteiger charge is 1.99. The van der Waals surface area contributed by atoms with Crippen LogP contribution in [-0.4, -0.2) is 16.0 Å². The van der Waals surface area contributed by atoms with Crippen molar-refractivity contribution in [2.45, 2.75) is 32.7 Å². The third kappa shape index (κ3) is 2.86. The van der Waals surface area contributed by atoms with Crippen LogP contribution in [0.1, 0.15) is 26.7 Å². The number of nitrogens with one attached hydrogen (secondary N) is 1. The summed E-state index contributed by atoms with van der Waals surface area (Å²) in [5.74, 6) is 0.853.